The van der Waals surface area contributed by atoms with E-state index in [-0.39, 0.29) is 11.9 Å². The Labute approximate surface area is 126 Å². The maximum absolute atomic E-state index is 13.3. The van der Waals surface area contributed by atoms with Crippen molar-refractivity contribution in [2.45, 2.75) is 26.8 Å². The summed E-state index contributed by atoms with van der Waals surface area (Å²) in [5.41, 5.74) is 4.30. The molecule has 1 N–H and O–H groups in total. The first-order valence-corrected chi connectivity index (χ1v) is 7.14. The molecule has 2 rings (SSSR count). The molecule has 2 nitrogen and oxygen atoms in total. The van der Waals surface area contributed by atoms with Gasteiger partial charge < -0.3 is 10.1 Å². The van der Waals surface area contributed by atoms with E-state index in [4.69, 9.17) is 4.74 Å². The first-order valence-electron chi connectivity index (χ1n) is 7.14. The molecule has 0 saturated heterocycles. The summed E-state index contributed by atoms with van der Waals surface area (Å²) in [5, 5.41) is 3.28. The number of halogens is 1. The Hall–Kier alpha value is -1.87. The standard InChI is InChI=1S/C18H22FNO/c1-12-5-6-13(2)16(9-12)18(20-4)11-21-15-7-8-17(19)14(3)10-15/h5-10,18,20H,11H2,1-4H3. The van der Waals surface area contributed by atoms with Crippen molar-refractivity contribution in [3.8, 4) is 5.75 Å². The van der Waals surface area contributed by atoms with Crippen molar-refractivity contribution in [3.05, 3.63) is 64.5 Å². The van der Waals surface area contributed by atoms with Gasteiger partial charge in [0.1, 0.15) is 18.2 Å². The second kappa shape index (κ2) is 6.72. The number of hydrogen-bond donors (Lipinski definition) is 1. The monoisotopic (exact) mass is 287 g/mol. The molecule has 0 fully saturated rings. The van der Waals surface area contributed by atoms with Gasteiger partial charge in [0.15, 0.2) is 0 Å². The van der Waals surface area contributed by atoms with Crippen LogP contribution in [0.15, 0.2) is 36.4 Å². The zero-order valence-electron chi connectivity index (χ0n) is 13.0. The summed E-state index contributed by atoms with van der Waals surface area (Å²) in [6.07, 6.45) is 0. The van der Waals surface area contributed by atoms with Crippen LogP contribution in [0, 0.1) is 26.6 Å². The molecule has 0 saturated carbocycles. The van der Waals surface area contributed by atoms with Gasteiger partial charge in [-0.15, -0.1) is 0 Å². The summed E-state index contributed by atoms with van der Waals surface area (Å²) in [6, 6.07) is 11.3. The molecule has 3 heteroatoms. The lowest BCUT2D eigenvalue weighted by Gasteiger charge is -2.20. The minimum atomic E-state index is -0.206. The van der Waals surface area contributed by atoms with E-state index in [1.807, 2.05) is 7.05 Å². The number of aryl methyl sites for hydroxylation is 3. The minimum Gasteiger partial charge on any atom is -0.492 e. The van der Waals surface area contributed by atoms with Crippen molar-refractivity contribution >= 4 is 0 Å². The Morgan fingerprint density at radius 1 is 1.05 bits per heavy atom. The fourth-order valence-electron chi connectivity index (χ4n) is 2.35. The highest BCUT2D eigenvalue weighted by molar-refractivity contribution is 5.34. The zero-order chi connectivity index (χ0) is 15.4. The Kier molecular flexibility index (Phi) is 4.97. The minimum absolute atomic E-state index is 0.107. The normalized spacial score (nSPS) is 12.2. The average molecular weight is 287 g/mol. The van der Waals surface area contributed by atoms with Gasteiger partial charge in [-0.2, -0.15) is 0 Å². The summed E-state index contributed by atoms with van der Waals surface area (Å²) in [5.74, 6) is 0.488. The van der Waals surface area contributed by atoms with E-state index in [1.54, 1.807) is 19.1 Å². The van der Waals surface area contributed by atoms with Gasteiger partial charge in [0.05, 0.1) is 6.04 Å². The van der Waals surface area contributed by atoms with Gasteiger partial charge in [0, 0.05) is 0 Å². The van der Waals surface area contributed by atoms with Gasteiger partial charge in [-0.3, -0.25) is 0 Å². The molecule has 0 spiro atoms. The van der Waals surface area contributed by atoms with Gasteiger partial charge in [0.2, 0.25) is 0 Å². The summed E-state index contributed by atoms with van der Waals surface area (Å²) in [6.45, 7) is 6.43. The molecule has 0 heterocycles. The average Bonchev–Trinajstić information content (AvgIpc) is 2.46. The van der Waals surface area contributed by atoms with E-state index in [9.17, 15) is 4.39 Å². The fourth-order valence-corrected chi connectivity index (χ4v) is 2.35. The summed E-state index contributed by atoms with van der Waals surface area (Å²) >= 11 is 0. The molecule has 0 aliphatic heterocycles. The fraction of sp³-hybridized carbons (Fsp3) is 0.333. The van der Waals surface area contributed by atoms with E-state index in [0.29, 0.717) is 17.9 Å². The van der Waals surface area contributed by atoms with Crippen molar-refractivity contribution in [1.82, 2.24) is 5.32 Å². The van der Waals surface area contributed by atoms with Crippen molar-refractivity contribution in [2.75, 3.05) is 13.7 Å². The van der Waals surface area contributed by atoms with Crippen LogP contribution >= 0.6 is 0 Å². The second-order valence-corrected chi connectivity index (χ2v) is 5.42. The quantitative estimate of drug-likeness (QED) is 0.894. The van der Waals surface area contributed by atoms with Gasteiger partial charge >= 0.3 is 0 Å². The summed E-state index contributed by atoms with van der Waals surface area (Å²) < 4.78 is 19.1. The predicted octanol–water partition coefficient (Wildman–Crippen LogP) is 4.09. The number of rotatable bonds is 5. The van der Waals surface area contributed by atoms with Crippen LogP contribution in [0.25, 0.3) is 0 Å². The number of benzene rings is 2. The predicted molar refractivity (Wildman–Crippen MR) is 84.3 cm³/mol. The van der Waals surface area contributed by atoms with Crippen molar-refractivity contribution in [1.29, 1.82) is 0 Å². The Bertz CT molecular complexity index is 625. The lowest BCUT2D eigenvalue weighted by Crippen LogP contribution is -2.24. The molecule has 0 aromatic heterocycles. The van der Waals surface area contributed by atoms with Crippen LogP contribution in [0.4, 0.5) is 4.39 Å². The van der Waals surface area contributed by atoms with E-state index in [0.717, 1.165) is 0 Å². The van der Waals surface area contributed by atoms with Gasteiger partial charge in [-0.05, 0) is 62.7 Å². The molecule has 1 atom stereocenters. The van der Waals surface area contributed by atoms with E-state index >= 15 is 0 Å². The lowest BCUT2D eigenvalue weighted by atomic mass is 9.99. The van der Waals surface area contributed by atoms with Crippen LogP contribution in [0.5, 0.6) is 5.75 Å². The number of ether oxygens (including phenoxy) is 1. The van der Waals surface area contributed by atoms with Crippen LogP contribution in [0.3, 0.4) is 0 Å². The van der Waals surface area contributed by atoms with Gasteiger partial charge in [-0.1, -0.05) is 23.8 Å². The van der Waals surface area contributed by atoms with Crippen LogP contribution in [0.1, 0.15) is 28.3 Å². The maximum Gasteiger partial charge on any atom is 0.126 e. The third-order valence-corrected chi connectivity index (χ3v) is 3.70. The molecule has 2 aromatic rings. The molecule has 0 amide bonds. The van der Waals surface area contributed by atoms with Crippen LogP contribution in [0.2, 0.25) is 0 Å². The van der Waals surface area contributed by atoms with Crippen molar-refractivity contribution in [2.24, 2.45) is 0 Å². The highest BCUT2D eigenvalue weighted by atomic mass is 19.1. The third-order valence-electron chi connectivity index (χ3n) is 3.70. The largest absolute Gasteiger partial charge is 0.492 e. The highest BCUT2D eigenvalue weighted by Gasteiger charge is 2.13. The molecular formula is C18H22FNO. The van der Waals surface area contributed by atoms with Gasteiger partial charge in [-0.25, -0.2) is 4.39 Å². The molecule has 0 aliphatic carbocycles. The molecular weight excluding hydrogens is 265 g/mol. The molecule has 21 heavy (non-hydrogen) atoms. The SMILES string of the molecule is CNC(COc1ccc(F)c(C)c1)c1cc(C)ccc1C. The van der Waals surface area contributed by atoms with Crippen molar-refractivity contribution in [3.63, 3.8) is 0 Å². The smallest absolute Gasteiger partial charge is 0.126 e. The second-order valence-electron chi connectivity index (χ2n) is 5.42. The highest BCUT2D eigenvalue weighted by Crippen LogP contribution is 2.22. The van der Waals surface area contributed by atoms with E-state index in [2.05, 4.69) is 37.4 Å². The molecule has 2 aromatic carbocycles. The molecule has 1 unspecified atom stereocenters. The lowest BCUT2D eigenvalue weighted by molar-refractivity contribution is 0.272. The summed E-state index contributed by atoms with van der Waals surface area (Å²) in [4.78, 5) is 0. The van der Waals surface area contributed by atoms with Gasteiger partial charge in [0.25, 0.3) is 0 Å². The third kappa shape index (κ3) is 3.82. The molecule has 0 bridgehead atoms. The molecule has 112 valence electrons. The molecule has 0 aliphatic rings. The topological polar surface area (TPSA) is 21.3 Å². The van der Waals surface area contributed by atoms with Crippen LogP contribution in [-0.2, 0) is 0 Å². The maximum atomic E-state index is 13.3. The molecule has 0 radical (unpaired) electrons. The Morgan fingerprint density at radius 3 is 2.48 bits per heavy atom. The summed E-state index contributed by atoms with van der Waals surface area (Å²) in [7, 11) is 1.92. The Balaban J connectivity index is 2.12. The van der Waals surface area contributed by atoms with Crippen LogP contribution < -0.4 is 10.1 Å². The first kappa shape index (κ1) is 15.5. The van der Waals surface area contributed by atoms with E-state index < -0.39 is 0 Å². The number of hydrogen-bond acceptors (Lipinski definition) is 2. The van der Waals surface area contributed by atoms with Crippen molar-refractivity contribution < 1.29 is 9.13 Å². The zero-order valence-corrected chi connectivity index (χ0v) is 13.0. The number of likely N-dealkylation sites (N-methyl/N-ethyl adjacent to an activating group) is 1. The Morgan fingerprint density at radius 2 is 1.81 bits per heavy atom. The van der Waals surface area contributed by atoms with Crippen LogP contribution in [-0.4, -0.2) is 13.7 Å². The first-order chi connectivity index (χ1) is 10.0. The van der Waals surface area contributed by atoms with E-state index in [1.165, 1.54) is 22.8 Å². The number of nitrogens with one attached hydrogen (secondary N) is 1.